The zero-order valence-corrected chi connectivity index (χ0v) is 16.2. The highest BCUT2D eigenvalue weighted by Gasteiger charge is 2.18. The fraction of sp³-hybridized carbons (Fsp3) is 0.227. The number of ketones is 1. The summed E-state index contributed by atoms with van der Waals surface area (Å²) in [6.07, 6.45) is 1.03. The van der Waals surface area contributed by atoms with Gasteiger partial charge in [0.05, 0.1) is 12.6 Å². The van der Waals surface area contributed by atoms with Gasteiger partial charge in [-0.25, -0.2) is 4.79 Å². The van der Waals surface area contributed by atoms with Gasteiger partial charge in [-0.1, -0.05) is 30.3 Å². The maximum absolute atomic E-state index is 12.7. The molecular weight excluding hydrogens is 374 g/mol. The largest absolute Gasteiger partial charge is 0.497 e. The van der Waals surface area contributed by atoms with Gasteiger partial charge in [0.25, 0.3) is 0 Å². The molecular formula is C22H21NO6. The molecule has 0 fully saturated rings. The molecule has 0 aliphatic rings. The molecule has 0 aliphatic heterocycles. The summed E-state index contributed by atoms with van der Waals surface area (Å²) >= 11 is 0. The minimum absolute atomic E-state index is 0.00983. The van der Waals surface area contributed by atoms with Gasteiger partial charge in [0.15, 0.2) is 5.78 Å². The number of ether oxygens (including phenoxy) is 3. The molecule has 1 aromatic heterocycles. The van der Waals surface area contributed by atoms with Crippen LogP contribution < -0.4 is 4.74 Å². The number of rotatable bonds is 7. The van der Waals surface area contributed by atoms with E-state index in [-0.39, 0.29) is 25.4 Å². The Balaban J connectivity index is 1.85. The van der Waals surface area contributed by atoms with E-state index in [2.05, 4.69) is 0 Å². The van der Waals surface area contributed by atoms with Crippen molar-refractivity contribution in [2.24, 2.45) is 0 Å². The molecule has 150 valence electrons. The number of carbonyl (C=O) groups is 3. The van der Waals surface area contributed by atoms with Crippen molar-refractivity contribution in [1.29, 1.82) is 0 Å². The second kappa shape index (κ2) is 9.05. The van der Waals surface area contributed by atoms with Crippen LogP contribution in [0.2, 0.25) is 0 Å². The molecule has 0 N–H and O–H groups in total. The maximum Gasteiger partial charge on any atom is 0.418 e. The number of fused-ring (bicyclic) bond motifs is 1. The Morgan fingerprint density at radius 3 is 2.45 bits per heavy atom. The molecule has 0 radical (unpaired) electrons. The van der Waals surface area contributed by atoms with Gasteiger partial charge in [-0.05, 0) is 29.3 Å². The van der Waals surface area contributed by atoms with Crippen LogP contribution in [0.25, 0.3) is 10.9 Å². The van der Waals surface area contributed by atoms with Crippen LogP contribution in [0.15, 0.2) is 54.7 Å². The number of aromatic nitrogens is 1. The SMILES string of the molecule is COc1ccc2c(c1)c(CC(=O)COC(C)=O)cn2C(=O)OCc1ccccc1. The van der Waals surface area contributed by atoms with Gasteiger partial charge in [-0.2, -0.15) is 0 Å². The Morgan fingerprint density at radius 1 is 1.00 bits per heavy atom. The van der Waals surface area contributed by atoms with Gasteiger partial charge in [-0.3, -0.25) is 14.2 Å². The van der Waals surface area contributed by atoms with Gasteiger partial charge in [0, 0.05) is 24.9 Å². The normalized spacial score (nSPS) is 10.6. The van der Waals surface area contributed by atoms with Gasteiger partial charge >= 0.3 is 12.1 Å². The molecule has 0 spiro atoms. The van der Waals surface area contributed by atoms with Crippen molar-refractivity contribution in [2.45, 2.75) is 20.0 Å². The van der Waals surface area contributed by atoms with Gasteiger partial charge < -0.3 is 14.2 Å². The van der Waals surface area contributed by atoms with Crippen molar-refractivity contribution in [2.75, 3.05) is 13.7 Å². The number of methoxy groups -OCH3 is 1. The first-order chi connectivity index (χ1) is 14.0. The summed E-state index contributed by atoms with van der Waals surface area (Å²) in [7, 11) is 1.54. The van der Waals surface area contributed by atoms with Crippen LogP contribution in [0.3, 0.4) is 0 Å². The fourth-order valence-corrected chi connectivity index (χ4v) is 2.93. The van der Waals surface area contributed by atoms with E-state index in [1.807, 2.05) is 30.3 Å². The average molecular weight is 395 g/mol. The molecule has 0 saturated heterocycles. The molecule has 0 unspecified atom stereocenters. The summed E-state index contributed by atoms with van der Waals surface area (Å²) in [5, 5.41) is 0.692. The van der Waals surface area contributed by atoms with E-state index in [0.29, 0.717) is 22.2 Å². The van der Waals surface area contributed by atoms with Crippen molar-refractivity contribution in [3.05, 3.63) is 65.9 Å². The lowest BCUT2D eigenvalue weighted by Crippen LogP contribution is -2.14. The van der Waals surface area contributed by atoms with E-state index in [1.165, 1.54) is 18.6 Å². The van der Waals surface area contributed by atoms with Crippen LogP contribution in [-0.4, -0.2) is 36.1 Å². The highest BCUT2D eigenvalue weighted by Crippen LogP contribution is 2.27. The smallest absolute Gasteiger partial charge is 0.418 e. The summed E-state index contributed by atoms with van der Waals surface area (Å²) < 4.78 is 16.8. The minimum atomic E-state index is -0.553. The molecule has 0 amide bonds. The molecule has 0 saturated carbocycles. The van der Waals surface area contributed by atoms with E-state index in [9.17, 15) is 14.4 Å². The van der Waals surface area contributed by atoms with Crippen molar-refractivity contribution in [3.8, 4) is 5.75 Å². The zero-order chi connectivity index (χ0) is 20.8. The first-order valence-corrected chi connectivity index (χ1v) is 9.02. The van der Waals surface area contributed by atoms with E-state index < -0.39 is 12.1 Å². The van der Waals surface area contributed by atoms with Crippen LogP contribution in [0.5, 0.6) is 5.75 Å². The highest BCUT2D eigenvalue weighted by molar-refractivity contribution is 5.96. The monoisotopic (exact) mass is 395 g/mol. The second-order valence-corrected chi connectivity index (χ2v) is 6.44. The molecule has 2 aromatic carbocycles. The lowest BCUT2D eigenvalue weighted by atomic mass is 10.1. The predicted octanol–water partition coefficient (Wildman–Crippen LogP) is 3.51. The molecule has 3 rings (SSSR count). The van der Waals surface area contributed by atoms with Gasteiger partial charge in [0.1, 0.15) is 19.0 Å². The van der Waals surface area contributed by atoms with Crippen LogP contribution in [0.1, 0.15) is 18.1 Å². The fourth-order valence-electron chi connectivity index (χ4n) is 2.93. The topological polar surface area (TPSA) is 83.8 Å². The Morgan fingerprint density at radius 2 is 1.76 bits per heavy atom. The third-order valence-electron chi connectivity index (χ3n) is 4.32. The maximum atomic E-state index is 12.7. The number of carbonyl (C=O) groups excluding carboxylic acids is 3. The zero-order valence-electron chi connectivity index (χ0n) is 16.2. The molecule has 7 heteroatoms. The molecule has 0 atom stereocenters. The molecule has 3 aromatic rings. The number of esters is 1. The second-order valence-electron chi connectivity index (χ2n) is 6.44. The Bertz CT molecular complexity index is 1040. The number of nitrogens with zero attached hydrogens (tertiary/aromatic N) is 1. The first kappa shape index (κ1) is 20.1. The first-order valence-electron chi connectivity index (χ1n) is 9.02. The van der Waals surface area contributed by atoms with Gasteiger partial charge in [0.2, 0.25) is 0 Å². The summed E-state index contributed by atoms with van der Waals surface area (Å²) in [5.41, 5.74) is 2.09. The van der Waals surface area contributed by atoms with Crippen molar-refractivity contribution in [1.82, 2.24) is 4.57 Å². The lowest BCUT2D eigenvalue weighted by Gasteiger charge is -2.07. The minimum Gasteiger partial charge on any atom is -0.497 e. The number of benzene rings is 2. The predicted molar refractivity (Wildman–Crippen MR) is 106 cm³/mol. The highest BCUT2D eigenvalue weighted by atomic mass is 16.5. The molecule has 29 heavy (non-hydrogen) atoms. The third-order valence-corrected chi connectivity index (χ3v) is 4.32. The number of hydrogen-bond donors (Lipinski definition) is 0. The van der Waals surface area contributed by atoms with Crippen molar-refractivity contribution >= 4 is 28.7 Å². The summed E-state index contributed by atoms with van der Waals surface area (Å²) in [6, 6.07) is 14.6. The van der Waals surface area contributed by atoms with E-state index in [4.69, 9.17) is 14.2 Å². The summed E-state index contributed by atoms with van der Waals surface area (Å²) in [5.74, 6) is -0.201. The molecule has 0 aliphatic carbocycles. The van der Waals surface area contributed by atoms with Crippen LogP contribution in [0.4, 0.5) is 4.79 Å². The third kappa shape index (κ3) is 5.01. The van der Waals surface area contributed by atoms with Crippen LogP contribution >= 0.6 is 0 Å². The Labute approximate surface area is 167 Å². The number of Topliss-reactive ketones (excluding diaryl/α,β-unsaturated/α-hetero) is 1. The Hall–Kier alpha value is -3.61. The van der Waals surface area contributed by atoms with Crippen LogP contribution in [0, 0.1) is 0 Å². The molecule has 0 bridgehead atoms. The standard InChI is InChI=1S/C22H21NO6/c1-15(24)28-14-18(25)10-17-12-23(21-9-8-19(27-2)11-20(17)21)22(26)29-13-16-6-4-3-5-7-16/h3-9,11-12H,10,13-14H2,1-2H3. The molecule has 7 nitrogen and oxygen atoms in total. The van der Waals surface area contributed by atoms with E-state index >= 15 is 0 Å². The molecule has 1 heterocycles. The Kier molecular flexibility index (Phi) is 6.29. The quantitative estimate of drug-likeness (QED) is 0.569. The van der Waals surface area contributed by atoms with E-state index in [1.54, 1.807) is 24.4 Å². The van der Waals surface area contributed by atoms with E-state index in [0.717, 1.165) is 5.56 Å². The van der Waals surface area contributed by atoms with Crippen molar-refractivity contribution in [3.63, 3.8) is 0 Å². The summed E-state index contributed by atoms with van der Waals surface area (Å²) in [6.45, 7) is 1.06. The van der Waals surface area contributed by atoms with Gasteiger partial charge in [-0.15, -0.1) is 0 Å². The van der Waals surface area contributed by atoms with Crippen LogP contribution in [-0.2, 0) is 32.1 Å². The summed E-state index contributed by atoms with van der Waals surface area (Å²) in [4.78, 5) is 35.7. The average Bonchev–Trinajstić information content (AvgIpc) is 3.08. The number of hydrogen-bond acceptors (Lipinski definition) is 6. The lowest BCUT2D eigenvalue weighted by molar-refractivity contribution is -0.145. The van der Waals surface area contributed by atoms with Crippen molar-refractivity contribution < 1.29 is 28.6 Å².